The Labute approximate surface area is 128 Å². The first kappa shape index (κ1) is 16.5. The fraction of sp³-hybridized carbons (Fsp3) is 0.824. The van der Waals surface area contributed by atoms with E-state index in [0.717, 1.165) is 37.4 Å². The van der Waals surface area contributed by atoms with Crippen LogP contribution in [0.25, 0.3) is 0 Å². The molecule has 1 aliphatic carbocycles. The van der Waals surface area contributed by atoms with Crippen LogP contribution in [0.5, 0.6) is 0 Å². The number of nitrogens with one attached hydrogen (secondary N) is 1. The van der Waals surface area contributed by atoms with Crippen molar-refractivity contribution in [2.75, 3.05) is 6.54 Å². The van der Waals surface area contributed by atoms with Gasteiger partial charge in [-0.15, -0.1) is 0 Å². The summed E-state index contributed by atoms with van der Waals surface area (Å²) in [5.74, 6) is 1.48. The maximum Gasteiger partial charge on any atom is 0.162 e. The lowest BCUT2D eigenvalue weighted by molar-refractivity contribution is -0.0136. The topological polar surface area (TPSA) is 47.3 Å². The van der Waals surface area contributed by atoms with Crippen LogP contribution in [-0.4, -0.2) is 17.8 Å². The Morgan fingerprint density at radius 2 is 2.10 bits per heavy atom. The molecular formula is C17H30N2O2. The number of aromatic nitrogens is 1. The molecule has 2 rings (SSSR count). The molecule has 1 saturated carbocycles. The van der Waals surface area contributed by atoms with Gasteiger partial charge in [0.15, 0.2) is 5.76 Å². The van der Waals surface area contributed by atoms with Crippen LogP contribution in [0.3, 0.4) is 0 Å². The second-order valence-corrected chi connectivity index (χ2v) is 7.48. The molecule has 0 unspecified atom stereocenters. The Bertz CT molecular complexity index is 416. The van der Waals surface area contributed by atoms with E-state index in [1.54, 1.807) is 0 Å². The van der Waals surface area contributed by atoms with Crippen LogP contribution in [0.4, 0.5) is 0 Å². The highest BCUT2D eigenvalue weighted by Gasteiger charge is 2.27. The molecular weight excluding hydrogens is 264 g/mol. The predicted molar refractivity (Wildman–Crippen MR) is 83.9 cm³/mol. The fourth-order valence-electron chi connectivity index (χ4n) is 2.74. The summed E-state index contributed by atoms with van der Waals surface area (Å²) in [5, 5.41) is 7.45. The zero-order valence-electron chi connectivity index (χ0n) is 13.9. The Balaban J connectivity index is 1.68. The smallest absolute Gasteiger partial charge is 0.162 e. The lowest BCUT2D eigenvalue weighted by atomic mass is 9.76. The average Bonchev–Trinajstić information content (AvgIpc) is 2.85. The monoisotopic (exact) mass is 294 g/mol. The first-order valence-corrected chi connectivity index (χ1v) is 8.21. The summed E-state index contributed by atoms with van der Waals surface area (Å²) < 4.78 is 11.3. The van der Waals surface area contributed by atoms with Gasteiger partial charge in [0.1, 0.15) is 6.61 Å². The molecule has 0 aliphatic heterocycles. The van der Waals surface area contributed by atoms with Crippen LogP contribution >= 0.6 is 0 Å². The van der Waals surface area contributed by atoms with Crippen LogP contribution in [0.2, 0.25) is 0 Å². The van der Waals surface area contributed by atoms with Crippen LogP contribution in [0, 0.1) is 11.3 Å². The summed E-state index contributed by atoms with van der Waals surface area (Å²) in [6.45, 7) is 11.4. The highest BCUT2D eigenvalue weighted by molar-refractivity contribution is 5.04. The Hall–Kier alpha value is -0.870. The van der Waals surface area contributed by atoms with Gasteiger partial charge in [0.05, 0.1) is 11.8 Å². The Morgan fingerprint density at radius 3 is 2.76 bits per heavy atom. The standard InChI is InChI=1S/C17H30N2O2/c1-13(2)10-18-11-14-9-16(21-19-14)12-20-15-5-7-17(3,4)8-6-15/h9,13,15,18H,5-8,10-12H2,1-4H3. The van der Waals surface area contributed by atoms with Gasteiger partial charge >= 0.3 is 0 Å². The van der Waals surface area contributed by atoms with Crippen LogP contribution < -0.4 is 5.32 Å². The Kier molecular flexibility index (Phi) is 5.82. The second kappa shape index (κ2) is 7.41. The van der Waals surface area contributed by atoms with E-state index < -0.39 is 0 Å². The minimum atomic E-state index is 0.380. The summed E-state index contributed by atoms with van der Waals surface area (Å²) in [4.78, 5) is 0. The van der Waals surface area contributed by atoms with Crippen molar-refractivity contribution in [1.29, 1.82) is 0 Å². The van der Waals surface area contributed by atoms with Crippen LogP contribution in [0.15, 0.2) is 10.6 Å². The predicted octanol–water partition coefficient (Wildman–Crippen LogP) is 3.91. The molecule has 120 valence electrons. The van der Waals surface area contributed by atoms with Crippen molar-refractivity contribution in [3.05, 3.63) is 17.5 Å². The van der Waals surface area contributed by atoms with Crippen molar-refractivity contribution >= 4 is 0 Å². The van der Waals surface area contributed by atoms with Gasteiger partial charge in [-0.2, -0.15) is 0 Å². The van der Waals surface area contributed by atoms with Gasteiger partial charge in [0.2, 0.25) is 0 Å². The van der Waals surface area contributed by atoms with Crippen molar-refractivity contribution in [2.45, 2.75) is 72.6 Å². The van der Waals surface area contributed by atoms with Gasteiger partial charge in [-0.1, -0.05) is 32.9 Å². The van der Waals surface area contributed by atoms with Crippen molar-refractivity contribution < 1.29 is 9.26 Å². The third kappa shape index (κ3) is 5.79. The minimum Gasteiger partial charge on any atom is -0.370 e. The quantitative estimate of drug-likeness (QED) is 0.828. The summed E-state index contributed by atoms with van der Waals surface area (Å²) >= 11 is 0. The number of rotatable bonds is 7. The van der Waals surface area contributed by atoms with Crippen LogP contribution in [-0.2, 0) is 17.9 Å². The van der Waals surface area contributed by atoms with Crippen molar-refractivity contribution in [3.63, 3.8) is 0 Å². The highest BCUT2D eigenvalue weighted by atomic mass is 16.5. The highest BCUT2D eigenvalue weighted by Crippen LogP contribution is 2.36. The zero-order chi connectivity index (χ0) is 15.3. The average molecular weight is 294 g/mol. The molecule has 1 aliphatic rings. The zero-order valence-corrected chi connectivity index (χ0v) is 13.9. The van der Waals surface area contributed by atoms with Gasteiger partial charge < -0.3 is 14.6 Å². The maximum atomic E-state index is 5.96. The second-order valence-electron chi connectivity index (χ2n) is 7.48. The number of hydrogen-bond donors (Lipinski definition) is 1. The lowest BCUT2D eigenvalue weighted by Crippen LogP contribution is -2.26. The van der Waals surface area contributed by atoms with Crippen LogP contribution in [0.1, 0.15) is 64.8 Å². The molecule has 0 radical (unpaired) electrons. The lowest BCUT2D eigenvalue weighted by Gasteiger charge is -2.33. The molecule has 0 atom stereocenters. The third-order valence-electron chi connectivity index (χ3n) is 4.21. The molecule has 0 amide bonds. The largest absolute Gasteiger partial charge is 0.370 e. The molecule has 1 N–H and O–H groups in total. The molecule has 1 aromatic heterocycles. The molecule has 0 saturated heterocycles. The molecule has 0 aromatic carbocycles. The van der Waals surface area contributed by atoms with E-state index in [4.69, 9.17) is 9.26 Å². The summed E-state index contributed by atoms with van der Waals surface area (Å²) in [6.07, 6.45) is 5.19. The Morgan fingerprint density at radius 1 is 1.38 bits per heavy atom. The normalized spacial score (nSPS) is 19.3. The number of ether oxygens (including phenoxy) is 1. The number of hydrogen-bond acceptors (Lipinski definition) is 4. The summed E-state index contributed by atoms with van der Waals surface area (Å²) in [6, 6.07) is 2.00. The third-order valence-corrected chi connectivity index (χ3v) is 4.21. The van der Waals surface area contributed by atoms with E-state index >= 15 is 0 Å². The molecule has 1 heterocycles. The van der Waals surface area contributed by atoms with E-state index in [1.807, 2.05) is 6.07 Å². The first-order chi connectivity index (χ1) is 9.94. The summed E-state index contributed by atoms with van der Waals surface area (Å²) in [5.41, 5.74) is 1.44. The maximum absolute atomic E-state index is 5.96. The van der Waals surface area contributed by atoms with Crippen molar-refractivity contribution in [3.8, 4) is 0 Å². The van der Waals surface area contributed by atoms with Gasteiger partial charge in [0, 0.05) is 12.6 Å². The molecule has 21 heavy (non-hydrogen) atoms. The van der Waals surface area contributed by atoms with E-state index in [0.29, 0.717) is 24.0 Å². The van der Waals surface area contributed by atoms with E-state index in [-0.39, 0.29) is 0 Å². The number of nitrogens with zero attached hydrogens (tertiary/aromatic N) is 1. The summed E-state index contributed by atoms with van der Waals surface area (Å²) in [7, 11) is 0. The van der Waals surface area contributed by atoms with Gasteiger partial charge in [-0.25, -0.2) is 0 Å². The molecule has 0 bridgehead atoms. The van der Waals surface area contributed by atoms with E-state index in [2.05, 4.69) is 38.2 Å². The van der Waals surface area contributed by atoms with Gasteiger partial charge in [0.25, 0.3) is 0 Å². The van der Waals surface area contributed by atoms with E-state index in [9.17, 15) is 0 Å². The first-order valence-electron chi connectivity index (χ1n) is 8.21. The SMILES string of the molecule is CC(C)CNCc1cc(COC2CCC(C)(C)CC2)on1. The molecule has 4 nitrogen and oxygen atoms in total. The van der Waals surface area contributed by atoms with E-state index in [1.165, 1.54) is 12.8 Å². The van der Waals surface area contributed by atoms with Gasteiger partial charge in [-0.05, 0) is 43.6 Å². The van der Waals surface area contributed by atoms with Gasteiger partial charge in [-0.3, -0.25) is 0 Å². The molecule has 4 heteroatoms. The molecule has 1 aromatic rings. The van der Waals surface area contributed by atoms with Crippen molar-refractivity contribution in [1.82, 2.24) is 10.5 Å². The fourth-order valence-corrected chi connectivity index (χ4v) is 2.74. The molecule has 1 fully saturated rings. The molecule has 0 spiro atoms. The van der Waals surface area contributed by atoms with Crippen molar-refractivity contribution in [2.24, 2.45) is 11.3 Å². The minimum absolute atomic E-state index is 0.380.